The van der Waals surface area contributed by atoms with Crippen molar-refractivity contribution < 1.29 is 9.13 Å². The van der Waals surface area contributed by atoms with Crippen LogP contribution in [0.3, 0.4) is 0 Å². The molecule has 5 heteroatoms. The van der Waals surface area contributed by atoms with E-state index in [2.05, 4.69) is 152 Å². The van der Waals surface area contributed by atoms with Gasteiger partial charge in [-0.3, -0.25) is 0 Å². The number of benzene rings is 2. The molecule has 0 aliphatic carbocycles. The molecule has 5 rings (SSSR count). The molecule has 0 N–H and O–H groups in total. The topological polar surface area (TPSA) is 19.2 Å². The van der Waals surface area contributed by atoms with Crippen LogP contribution in [-0.2, 0) is 14.1 Å². The lowest BCUT2D eigenvalue weighted by Crippen LogP contribution is -2.46. The third kappa shape index (κ3) is 3.69. The Balaban J connectivity index is 1.72. The number of pyridine rings is 1. The summed E-state index contributed by atoms with van der Waals surface area (Å²) in [5.41, 5.74) is 7.74. The van der Waals surface area contributed by atoms with Gasteiger partial charge < -0.3 is 4.90 Å². The number of aromatic nitrogens is 3. The van der Waals surface area contributed by atoms with E-state index in [1.807, 2.05) is 0 Å². The van der Waals surface area contributed by atoms with Gasteiger partial charge in [0.15, 0.2) is 11.9 Å². The minimum absolute atomic E-state index is 0.221. The van der Waals surface area contributed by atoms with Crippen LogP contribution in [0.2, 0.25) is 0 Å². The van der Waals surface area contributed by atoms with Crippen molar-refractivity contribution in [3.8, 4) is 17.2 Å². The Labute approximate surface area is 215 Å². The second-order valence-corrected chi connectivity index (χ2v) is 10.6. The average Bonchev–Trinajstić information content (AvgIpc) is 3.36. The lowest BCUT2D eigenvalue weighted by atomic mass is 9.92. The van der Waals surface area contributed by atoms with Gasteiger partial charge in [0.05, 0.1) is 19.8 Å². The lowest BCUT2D eigenvalue weighted by molar-refractivity contribution is -0.684. The van der Waals surface area contributed by atoms with Crippen LogP contribution in [-0.4, -0.2) is 17.8 Å². The number of para-hydroxylation sites is 3. The summed E-state index contributed by atoms with van der Waals surface area (Å²) < 4.78 is 6.98. The van der Waals surface area contributed by atoms with Gasteiger partial charge in [0.25, 0.3) is 5.82 Å². The molecule has 3 heterocycles. The third-order valence-electron chi connectivity index (χ3n) is 7.72. The summed E-state index contributed by atoms with van der Waals surface area (Å²) in [6.07, 6.45) is 4.61. The highest BCUT2D eigenvalue weighted by molar-refractivity contribution is 5.81. The second kappa shape index (κ2) is 9.12. The smallest absolute Gasteiger partial charge is 0.333 e. The summed E-state index contributed by atoms with van der Waals surface area (Å²) in [7, 11) is 6.51. The molecule has 0 radical (unpaired) electrons. The van der Waals surface area contributed by atoms with Crippen LogP contribution in [0.15, 0.2) is 73.1 Å². The largest absolute Gasteiger partial charge is 0.334 e. The Morgan fingerprint density at radius 3 is 2.03 bits per heavy atom. The van der Waals surface area contributed by atoms with Crippen molar-refractivity contribution in [3.63, 3.8) is 0 Å². The fraction of sp³-hybridized carbons (Fsp3) is 0.355. The van der Waals surface area contributed by atoms with Crippen LogP contribution >= 0.6 is 0 Å². The fourth-order valence-corrected chi connectivity index (χ4v) is 5.65. The van der Waals surface area contributed by atoms with Crippen molar-refractivity contribution in [2.75, 3.05) is 16.8 Å². The summed E-state index contributed by atoms with van der Waals surface area (Å²) >= 11 is 0. The summed E-state index contributed by atoms with van der Waals surface area (Å²) in [6.45, 7) is 11.4. The molecule has 2 aromatic carbocycles. The summed E-state index contributed by atoms with van der Waals surface area (Å²) in [5.74, 6) is 3.20. The molecule has 0 fully saturated rings. The lowest BCUT2D eigenvalue weighted by Gasteiger charge is -2.22. The standard InChI is InChI=1S/C31H39N5/c1-21(2)24-13-11-14-25(22(3)4)30(24)35-20-19-32(6)31(35)28-17-12-18-29(34(28)8)36-23(5)33(7)26-15-9-10-16-27(26)36/h9-23H,1-8H3/q+2/t23-/m0/s1. The van der Waals surface area contributed by atoms with E-state index >= 15 is 0 Å². The summed E-state index contributed by atoms with van der Waals surface area (Å²) in [6, 6.07) is 22.1. The molecule has 186 valence electrons. The van der Waals surface area contributed by atoms with Crippen LogP contribution in [0, 0.1) is 0 Å². The van der Waals surface area contributed by atoms with Crippen molar-refractivity contribution in [2.45, 2.75) is 52.6 Å². The SMILES string of the molecule is CC(C)c1cccc(C(C)C)c1-n1cc[n+](C)c1-c1cccc(N2c3ccccc3N(C)[C@@H]2C)[n+]1C. The highest BCUT2D eigenvalue weighted by Gasteiger charge is 2.40. The van der Waals surface area contributed by atoms with Crippen LogP contribution < -0.4 is 18.9 Å². The number of imidazole rings is 1. The van der Waals surface area contributed by atoms with Gasteiger partial charge in [0, 0.05) is 24.2 Å². The van der Waals surface area contributed by atoms with Gasteiger partial charge in [-0.05, 0) is 43.0 Å². The molecule has 0 unspecified atom stereocenters. The first-order chi connectivity index (χ1) is 17.2. The van der Waals surface area contributed by atoms with Gasteiger partial charge >= 0.3 is 5.82 Å². The maximum Gasteiger partial charge on any atom is 0.334 e. The van der Waals surface area contributed by atoms with Crippen molar-refractivity contribution in [2.24, 2.45) is 14.1 Å². The molecular weight excluding hydrogens is 442 g/mol. The molecule has 1 atom stereocenters. The molecule has 1 aliphatic rings. The van der Waals surface area contributed by atoms with E-state index in [1.54, 1.807) is 0 Å². The predicted molar refractivity (Wildman–Crippen MR) is 148 cm³/mol. The zero-order valence-corrected chi connectivity index (χ0v) is 22.9. The van der Waals surface area contributed by atoms with Crippen molar-refractivity contribution >= 4 is 17.2 Å². The second-order valence-electron chi connectivity index (χ2n) is 10.6. The van der Waals surface area contributed by atoms with Crippen molar-refractivity contribution in [1.29, 1.82) is 0 Å². The van der Waals surface area contributed by atoms with Crippen molar-refractivity contribution in [1.82, 2.24) is 4.57 Å². The molecule has 36 heavy (non-hydrogen) atoms. The van der Waals surface area contributed by atoms with Gasteiger partial charge in [-0.15, -0.1) is 0 Å². The molecule has 2 aromatic heterocycles. The highest BCUT2D eigenvalue weighted by Crippen LogP contribution is 2.42. The molecular formula is C31H39N5+2. The molecule has 0 spiro atoms. The number of hydrogen-bond acceptors (Lipinski definition) is 2. The van der Waals surface area contributed by atoms with E-state index in [1.165, 1.54) is 45.5 Å². The van der Waals surface area contributed by atoms with Crippen LogP contribution in [0.5, 0.6) is 0 Å². The maximum atomic E-state index is 2.44. The normalized spacial score (nSPS) is 15.3. The van der Waals surface area contributed by atoms with E-state index in [9.17, 15) is 0 Å². The average molecular weight is 482 g/mol. The molecule has 1 aliphatic heterocycles. The van der Waals surface area contributed by atoms with Crippen LogP contribution in [0.25, 0.3) is 17.2 Å². The van der Waals surface area contributed by atoms with E-state index < -0.39 is 0 Å². The molecule has 0 saturated carbocycles. The van der Waals surface area contributed by atoms with Gasteiger partial charge in [-0.2, -0.15) is 4.57 Å². The first-order valence-corrected chi connectivity index (χ1v) is 13.0. The molecule has 4 aromatic rings. The number of anilines is 3. The maximum absolute atomic E-state index is 2.44. The Morgan fingerprint density at radius 2 is 1.39 bits per heavy atom. The Hall–Kier alpha value is -3.60. The van der Waals surface area contributed by atoms with E-state index in [-0.39, 0.29) is 6.17 Å². The zero-order chi connectivity index (χ0) is 25.7. The Bertz CT molecular complexity index is 1390. The van der Waals surface area contributed by atoms with Crippen LogP contribution in [0.4, 0.5) is 17.2 Å². The minimum Gasteiger partial charge on any atom is -0.333 e. The molecule has 5 nitrogen and oxygen atoms in total. The first kappa shape index (κ1) is 24.1. The minimum atomic E-state index is 0.221. The highest BCUT2D eigenvalue weighted by atomic mass is 15.4. The van der Waals surface area contributed by atoms with Gasteiger partial charge in [0.1, 0.15) is 18.1 Å². The number of nitrogens with zero attached hydrogens (tertiary/aromatic N) is 5. The summed E-state index contributed by atoms with van der Waals surface area (Å²) in [4.78, 5) is 4.78. The number of rotatable bonds is 5. The van der Waals surface area contributed by atoms with Gasteiger partial charge in [-0.1, -0.05) is 58.0 Å². The molecule has 0 saturated heterocycles. The molecule has 0 bridgehead atoms. The number of hydrogen-bond donors (Lipinski definition) is 0. The Morgan fingerprint density at radius 1 is 0.778 bits per heavy atom. The van der Waals surface area contributed by atoms with Crippen molar-refractivity contribution in [3.05, 3.63) is 84.2 Å². The van der Waals surface area contributed by atoms with E-state index in [4.69, 9.17) is 0 Å². The fourth-order valence-electron chi connectivity index (χ4n) is 5.65. The third-order valence-corrected chi connectivity index (χ3v) is 7.72. The quantitative estimate of drug-likeness (QED) is 0.327. The monoisotopic (exact) mass is 481 g/mol. The Kier molecular flexibility index (Phi) is 6.11. The predicted octanol–water partition coefficient (Wildman–Crippen LogP) is 5.97. The summed E-state index contributed by atoms with van der Waals surface area (Å²) in [5, 5.41) is 0. The van der Waals surface area contributed by atoms with E-state index in [0.717, 1.165) is 0 Å². The van der Waals surface area contributed by atoms with Crippen LogP contribution in [0.1, 0.15) is 57.6 Å². The van der Waals surface area contributed by atoms with Gasteiger partial charge in [-0.25, -0.2) is 14.0 Å². The van der Waals surface area contributed by atoms with E-state index in [0.29, 0.717) is 11.8 Å². The number of fused-ring (bicyclic) bond motifs is 1. The first-order valence-electron chi connectivity index (χ1n) is 13.0. The molecule has 0 amide bonds. The zero-order valence-electron chi connectivity index (χ0n) is 22.9. The number of aryl methyl sites for hydroxylation is 1. The van der Waals surface area contributed by atoms with Gasteiger partial charge in [0.2, 0.25) is 5.69 Å².